The summed E-state index contributed by atoms with van der Waals surface area (Å²) in [6.07, 6.45) is 2.29. The van der Waals surface area contributed by atoms with E-state index in [-0.39, 0.29) is 24.1 Å². The number of nitrogens with zero attached hydrogens (tertiary/aromatic N) is 3. The summed E-state index contributed by atoms with van der Waals surface area (Å²) < 4.78 is 6.63. The minimum absolute atomic E-state index is 0.0260. The number of ether oxygens (including phenoxy) is 1. The Kier molecular flexibility index (Phi) is 5.91. The zero-order valence-electron chi connectivity index (χ0n) is 17.4. The molecule has 29 heavy (non-hydrogen) atoms. The highest BCUT2D eigenvalue weighted by atomic mass is 16.6. The second kappa shape index (κ2) is 8.23. The van der Waals surface area contributed by atoms with Crippen molar-refractivity contribution < 1.29 is 14.3 Å². The molecule has 2 heterocycles. The summed E-state index contributed by atoms with van der Waals surface area (Å²) in [5.41, 5.74) is 0.835. The Bertz CT molecular complexity index is 969. The number of likely N-dealkylation sites (tertiary alicyclic amines) is 1. The summed E-state index contributed by atoms with van der Waals surface area (Å²) in [5, 5.41) is 3.37. The number of aromatic nitrogens is 2. The second-order valence-corrected chi connectivity index (χ2v) is 8.45. The van der Waals surface area contributed by atoms with Crippen molar-refractivity contribution in [3.8, 4) is 0 Å². The number of benzene rings is 1. The number of hydrogen-bond acceptors (Lipinski definition) is 5. The van der Waals surface area contributed by atoms with E-state index in [1.54, 1.807) is 11.0 Å². The summed E-state index contributed by atoms with van der Waals surface area (Å²) in [7, 11) is 0. The van der Waals surface area contributed by atoms with Crippen molar-refractivity contribution in [1.29, 1.82) is 0 Å². The highest BCUT2D eigenvalue weighted by Gasteiger charge is 2.26. The summed E-state index contributed by atoms with van der Waals surface area (Å²) in [6, 6.07) is 5.42. The van der Waals surface area contributed by atoms with Gasteiger partial charge in [-0.15, -0.1) is 0 Å². The van der Waals surface area contributed by atoms with Gasteiger partial charge in [-0.3, -0.25) is 14.2 Å². The Labute approximate surface area is 169 Å². The van der Waals surface area contributed by atoms with Crippen LogP contribution in [0.5, 0.6) is 0 Å². The van der Waals surface area contributed by atoms with Crippen LogP contribution < -0.4 is 10.9 Å². The zero-order valence-corrected chi connectivity index (χ0v) is 17.4. The molecule has 0 aliphatic carbocycles. The molecular formula is C21H28N4O4. The average molecular weight is 400 g/mol. The van der Waals surface area contributed by atoms with Crippen LogP contribution >= 0.6 is 0 Å². The Morgan fingerprint density at radius 2 is 1.93 bits per heavy atom. The zero-order chi connectivity index (χ0) is 21.2. The van der Waals surface area contributed by atoms with Crippen molar-refractivity contribution in [2.45, 2.75) is 58.7 Å². The molecule has 1 N–H and O–H groups in total. The molecule has 8 heteroatoms. The molecular weight excluding hydrogens is 372 g/mol. The molecule has 0 bridgehead atoms. The first-order valence-electron chi connectivity index (χ1n) is 9.86. The van der Waals surface area contributed by atoms with E-state index in [1.807, 2.05) is 39.8 Å². The van der Waals surface area contributed by atoms with E-state index in [2.05, 4.69) is 10.3 Å². The topological polar surface area (TPSA) is 93.5 Å². The number of para-hydroxylation sites is 1. The Balaban J connectivity index is 1.58. The Hall–Kier alpha value is -2.90. The molecule has 1 saturated heterocycles. The molecule has 3 rings (SSSR count). The molecule has 2 amide bonds. The minimum atomic E-state index is -0.541. The maximum atomic E-state index is 12.7. The summed E-state index contributed by atoms with van der Waals surface area (Å²) in [6.45, 7) is 8.36. The minimum Gasteiger partial charge on any atom is -0.444 e. The van der Waals surface area contributed by atoms with Gasteiger partial charge in [0.15, 0.2) is 0 Å². The number of rotatable bonds is 3. The first kappa shape index (κ1) is 20.8. The molecule has 0 unspecified atom stereocenters. The lowest BCUT2D eigenvalue weighted by atomic mass is 10.1. The van der Waals surface area contributed by atoms with Gasteiger partial charge in [0.2, 0.25) is 5.91 Å². The number of fused-ring (bicyclic) bond motifs is 1. The number of piperidine rings is 1. The first-order chi connectivity index (χ1) is 13.6. The maximum absolute atomic E-state index is 12.7. The highest BCUT2D eigenvalue weighted by molar-refractivity contribution is 5.81. The molecule has 1 aliphatic rings. The van der Waals surface area contributed by atoms with Gasteiger partial charge in [-0.05, 0) is 52.2 Å². The summed E-state index contributed by atoms with van der Waals surface area (Å²) >= 11 is 0. The van der Waals surface area contributed by atoms with Gasteiger partial charge in [0.05, 0.1) is 17.2 Å². The molecule has 8 nitrogen and oxygen atoms in total. The molecule has 1 fully saturated rings. The molecule has 1 aromatic carbocycles. The van der Waals surface area contributed by atoms with Gasteiger partial charge in [-0.1, -0.05) is 12.1 Å². The van der Waals surface area contributed by atoms with Gasteiger partial charge < -0.3 is 15.0 Å². The van der Waals surface area contributed by atoms with Crippen molar-refractivity contribution >= 4 is 22.9 Å². The van der Waals surface area contributed by atoms with E-state index >= 15 is 0 Å². The molecule has 1 aromatic heterocycles. The third-order valence-electron chi connectivity index (χ3n) is 4.93. The van der Waals surface area contributed by atoms with Gasteiger partial charge in [0.1, 0.15) is 12.1 Å². The average Bonchev–Trinajstić information content (AvgIpc) is 2.63. The van der Waals surface area contributed by atoms with E-state index in [0.717, 1.165) is 5.56 Å². The second-order valence-electron chi connectivity index (χ2n) is 8.45. The molecule has 156 valence electrons. The van der Waals surface area contributed by atoms with Crippen LogP contribution in [0.1, 0.15) is 39.2 Å². The predicted octanol–water partition coefficient (Wildman–Crippen LogP) is 2.22. The number of amides is 2. The molecule has 0 atom stereocenters. The lowest BCUT2D eigenvalue weighted by Crippen LogP contribution is -2.48. The molecule has 0 radical (unpaired) electrons. The van der Waals surface area contributed by atoms with Crippen LogP contribution in [0.2, 0.25) is 0 Å². The fourth-order valence-corrected chi connectivity index (χ4v) is 3.44. The van der Waals surface area contributed by atoms with E-state index in [4.69, 9.17) is 4.74 Å². The van der Waals surface area contributed by atoms with E-state index < -0.39 is 11.7 Å². The van der Waals surface area contributed by atoms with Crippen molar-refractivity contribution in [3.63, 3.8) is 0 Å². The number of carbonyl (C=O) groups excluding carboxylic acids is 2. The molecule has 1 aliphatic heterocycles. The fraction of sp³-hybridized carbons (Fsp3) is 0.524. The normalized spacial score (nSPS) is 15.4. The van der Waals surface area contributed by atoms with E-state index in [1.165, 1.54) is 10.9 Å². The first-order valence-corrected chi connectivity index (χ1v) is 9.86. The number of alkyl carbamates (subject to hydrolysis) is 1. The number of aryl methyl sites for hydroxylation is 1. The fourth-order valence-electron chi connectivity index (χ4n) is 3.44. The third kappa shape index (κ3) is 5.13. The van der Waals surface area contributed by atoms with Crippen LogP contribution in [0.3, 0.4) is 0 Å². The van der Waals surface area contributed by atoms with Crippen molar-refractivity contribution in [2.75, 3.05) is 13.1 Å². The number of hydrogen-bond donors (Lipinski definition) is 1. The van der Waals surface area contributed by atoms with Crippen LogP contribution in [0, 0.1) is 6.92 Å². The van der Waals surface area contributed by atoms with Gasteiger partial charge in [-0.2, -0.15) is 0 Å². The summed E-state index contributed by atoms with van der Waals surface area (Å²) in [4.78, 5) is 43.3. The smallest absolute Gasteiger partial charge is 0.407 e. The molecule has 0 saturated carbocycles. The number of carbonyl (C=O) groups is 2. The van der Waals surface area contributed by atoms with Crippen LogP contribution in [0.25, 0.3) is 10.9 Å². The Morgan fingerprint density at radius 1 is 1.24 bits per heavy atom. The predicted molar refractivity (Wildman–Crippen MR) is 110 cm³/mol. The van der Waals surface area contributed by atoms with Crippen LogP contribution in [0.15, 0.2) is 29.3 Å². The Morgan fingerprint density at radius 3 is 2.59 bits per heavy atom. The molecule has 0 spiro atoms. The van der Waals surface area contributed by atoms with Crippen molar-refractivity contribution in [3.05, 3.63) is 40.4 Å². The van der Waals surface area contributed by atoms with Gasteiger partial charge in [-0.25, -0.2) is 9.78 Å². The van der Waals surface area contributed by atoms with Crippen LogP contribution in [-0.4, -0.2) is 51.2 Å². The maximum Gasteiger partial charge on any atom is 0.407 e. The van der Waals surface area contributed by atoms with Crippen molar-refractivity contribution in [1.82, 2.24) is 19.8 Å². The van der Waals surface area contributed by atoms with E-state index in [0.29, 0.717) is 36.8 Å². The SMILES string of the molecule is Cc1cccc2c(=O)n(CC(=O)N3CCC(NC(=O)OC(C)(C)C)CC3)cnc12. The molecule has 2 aromatic rings. The highest BCUT2D eigenvalue weighted by Crippen LogP contribution is 2.14. The standard InChI is InChI=1S/C21H28N4O4/c1-14-6-5-7-16-18(14)22-13-25(19(16)27)12-17(26)24-10-8-15(9-11-24)23-20(28)29-21(2,3)4/h5-7,13,15H,8-12H2,1-4H3,(H,23,28). The largest absolute Gasteiger partial charge is 0.444 e. The summed E-state index contributed by atoms with van der Waals surface area (Å²) in [5.74, 6) is -0.128. The van der Waals surface area contributed by atoms with Crippen LogP contribution in [-0.2, 0) is 16.1 Å². The van der Waals surface area contributed by atoms with E-state index in [9.17, 15) is 14.4 Å². The van der Waals surface area contributed by atoms with Crippen molar-refractivity contribution in [2.24, 2.45) is 0 Å². The van der Waals surface area contributed by atoms with Gasteiger partial charge in [0, 0.05) is 19.1 Å². The number of nitrogens with one attached hydrogen (secondary N) is 1. The van der Waals surface area contributed by atoms with Gasteiger partial charge in [0.25, 0.3) is 5.56 Å². The third-order valence-corrected chi connectivity index (χ3v) is 4.93. The lowest BCUT2D eigenvalue weighted by Gasteiger charge is -2.33. The lowest BCUT2D eigenvalue weighted by molar-refractivity contribution is -0.133. The van der Waals surface area contributed by atoms with Crippen LogP contribution in [0.4, 0.5) is 4.79 Å². The quantitative estimate of drug-likeness (QED) is 0.853. The van der Waals surface area contributed by atoms with Gasteiger partial charge >= 0.3 is 6.09 Å². The monoisotopic (exact) mass is 400 g/mol.